The third-order valence-electron chi connectivity index (χ3n) is 2.81. The number of nitrogen functional groups attached to an aromatic ring is 1. The molecule has 1 heterocycles. The van der Waals surface area contributed by atoms with Crippen molar-refractivity contribution >= 4 is 21.4 Å². The van der Waals surface area contributed by atoms with Gasteiger partial charge in [-0.2, -0.15) is 0 Å². The number of rotatable bonds is 4. The summed E-state index contributed by atoms with van der Waals surface area (Å²) in [6.07, 6.45) is 1.30. The number of nitrogens with one attached hydrogen (secondary N) is 1. The number of sulfonamides is 1. The molecule has 0 saturated carbocycles. The summed E-state index contributed by atoms with van der Waals surface area (Å²) in [4.78, 5) is 3.67. The van der Waals surface area contributed by atoms with Crippen molar-refractivity contribution in [2.45, 2.75) is 11.8 Å². The van der Waals surface area contributed by atoms with Crippen LogP contribution in [0.4, 0.5) is 15.8 Å². The number of hydrogen-bond donors (Lipinski definition) is 2. The van der Waals surface area contributed by atoms with Crippen molar-refractivity contribution in [1.82, 2.24) is 4.98 Å². The van der Waals surface area contributed by atoms with Gasteiger partial charge in [-0.3, -0.25) is 4.72 Å². The van der Waals surface area contributed by atoms with E-state index in [1.165, 1.54) is 38.4 Å². The van der Waals surface area contributed by atoms with E-state index in [0.29, 0.717) is 5.88 Å². The molecule has 0 aliphatic carbocycles. The van der Waals surface area contributed by atoms with Crippen molar-refractivity contribution in [3.8, 4) is 5.88 Å². The van der Waals surface area contributed by atoms with Gasteiger partial charge in [-0.25, -0.2) is 17.8 Å². The molecule has 1 aromatic carbocycles. The van der Waals surface area contributed by atoms with Gasteiger partial charge >= 0.3 is 0 Å². The highest BCUT2D eigenvalue weighted by atomic mass is 32.2. The van der Waals surface area contributed by atoms with Crippen molar-refractivity contribution in [3.63, 3.8) is 0 Å². The second kappa shape index (κ2) is 5.57. The topological polar surface area (TPSA) is 94.3 Å². The molecule has 8 heteroatoms. The van der Waals surface area contributed by atoms with E-state index in [0.717, 1.165) is 6.07 Å². The first kappa shape index (κ1) is 15.0. The quantitative estimate of drug-likeness (QED) is 0.841. The summed E-state index contributed by atoms with van der Waals surface area (Å²) in [6, 6.07) is 5.27. The molecule has 0 radical (unpaired) electrons. The number of aromatic nitrogens is 1. The SMILES string of the molecule is COc1ccc(NS(=O)(=O)c2cc(N)cc(F)c2C)cn1. The minimum absolute atomic E-state index is 0.00169. The maximum absolute atomic E-state index is 13.6. The highest BCUT2D eigenvalue weighted by molar-refractivity contribution is 7.92. The molecule has 0 bridgehead atoms. The molecule has 0 saturated heterocycles. The second-order valence-corrected chi connectivity index (χ2v) is 5.97. The Hall–Kier alpha value is -2.35. The van der Waals surface area contributed by atoms with Crippen LogP contribution in [0.2, 0.25) is 0 Å². The molecule has 0 aliphatic heterocycles. The Labute approximate surface area is 121 Å². The average Bonchev–Trinajstić information content (AvgIpc) is 2.43. The fraction of sp³-hybridized carbons (Fsp3) is 0.154. The summed E-state index contributed by atoms with van der Waals surface area (Å²) in [5, 5.41) is 0. The van der Waals surface area contributed by atoms with Crippen LogP contribution in [0.25, 0.3) is 0 Å². The van der Waals surface area contributed by atoms with Crippen LogP contribution in [-0.4, -0.2) is 20.5 Å². The number of benzene rings is 1. The zero-order valence-corrected chi connectivity index (χ0v) is 12.2. The van der Waals surface area contributed by atoms with E-state index in [9.17, 15) is 12.8 Å². The van der Waals surface area contributed by atoms with Gasteiger partial charge in [0.15, 0.2) is 0 Å². The Morgan fingerprint density at radius 3 is 2.62 bits per heavy atom. The number of nitrogens with two attached hydrogens (primary N) is 1. The van der Waals surface area contributed by atoms with Gasteiger partial charge in [0.2, 0.25) is 5.88 Å². The van der Waals surface area contributed by atoms with Crippen LogP contribution < -0.4 is 15.2 Å². The van der Waals surface area contributed by atoms with Crippen LogP contribution in [0, 0.1) is 12.7 Å². The number of ether oxygens (including phenoxy) is 1. The Morgan fingerprint density at radius 2 is 2.05 bits per heavy atom. The highest BCUT2D eigenvalue weighted by Crippen LogP contribution is 2.24. The maximum Gasteiger partial charge on any atom is 0.262 e. The van der Waals surface area contributed by atoms with Crippen molar-refractivity contribution in [1.29, 1.82) is 0 Å². The number of anilines is 2. The minimum Gasteiger partial charge on any atom is -0.481 e. The van der Waals surface area contributed by atoms with Crippen LogP contribution >= 0.6 is 0 Å². The molecule has 0 unspecified atom stereocenters. The summed E-state index contributed by atoms with van der Waals surface area (Å²) in [7, 11) is -2.51. The number of halogens is 1. The number of hydrogen-bond acceptors (Lipinski definition) is 5. The van der Waals surface area contributed by atoms with Gasteiger partial charge < -0.3 is 10.5 Å². The predicted octanol–water partition coefficient (Wildman–Crippen LogP) is 1.92. The largest absolute Gasteiger partial charge is 0.481 e. The van der Waals surface area contributed by atoms with Gasteiger partial charge in [-0.1, -0.05) is 0 Å². The van der Waals surface area contributed by atoms with Gasteiger partial charge in [0.25, 0.3) is 10.0 Å². The third-order valence-corrected chi connectivity index (χ3v) is 4.31. The molecule has 0 aliphatic rings. The molecular formula is C13H14FN3O3S. The Bertz CT molecular complexity index is 761. The second-order valence-electron chi connectivity index (χ2n) is 4.32. The smallest absolute Gasteiger partial charge is 0.262 e. The van der Waals surface area contributed by atoms with Crippen molar-refractivity contribution in [2.75, 3.05) is 17.6 Å². The van der Waals surface area contributed by atoms with Crippen LogP contribution in [0.1, 0.15) is 5.56 Å². The molecule has 0 spiro atoms. The molecule has 6 nitrogen and oxygen atoms in total. The molecule has 0 atom stereocenters. The molecule has 1 aromatic heterocycles. The summed E-state index contributed by atoms with van der Waals surface area (Å²) >= 11 is 0. The van der Waals surface area contributed by atoms with E-state index in [-0.39, 0.29) is 21.8 Å². The summed E-state index contributed by atoms with van der Waals surface area (Å²) in [5.41, 5.74) is 5.76. The molecule has 0 amide bonds. The van der Waals surface area contributed by atoms with Gasteiger partial charge in [0.05, 0.1) is 23.9 Å². The van der Waals surface area contributed by atoms with Crippen LogP contribution in [0.15, 0.2) is 35.4 Å². The van der Waals surface area contributed by atoms with Gasteiger partial charge in [0.1, 0.15) is 5.82 Å². The maximum atomic E-state index is 13.6. The molecule has 21 heavy (non-hydrogen) atoms. The van der Waals surface area contributed by atoms with E-state index < -0.39 is 15.8 Å². The lowest BCUT2D eigenvalue weighted by Crippen LogP contribution is -2.15. The zero-order valence-electron chi connectivity index (χ0n) is 11.4. The molecule has 0 fully saturated rings. The minimum atomic E-state index is -3.96. The normalized spacial score (nSPS) is 11.2. The molecular weight excluding hydrogens is 297 g/mol. The fourth-order valence-corrected chi connectivity index (χ4v) is 3.06. The summed E-state index contributed by atoms with van der Waals surface area (Å²) < 4.78 is 45.4. The molecule has 2 rings (SSSR count). The van der Waals surface area contributed by atoms with Crippen molar-refractivity contribution < 1.29 is 17.5 Å². The predicted molar refractivity (Wildman–Crippen MR) is 77.1 cm³/mol. The summed E-state index contributed by atoms with van der Waals surface area (Å²) in [6.45, 7) is 1.37. The lowest BCUT2D eigenvalue weighted by Gasteiger charge is -2.11. The first-order chi connectivity index (χ1) is 9.83. The number of nitrogens with zero attached hydrogens (tertiary/aromatic N) is 1. The molecule has 3 N–H and O–H groups in total. The van der Waals surface area contributed by atoms with Crippen molar-refractivity contribution in [2.24, 2.45) is 0 Å². The molecule has 2 aromatic rings. The third kappa shape index (κ3) is 3.22. The Kier molecular flexibility index (Phi) is 3.99. The highest BCUT2D eigenvalue weighted by Gasteiger charge is 2.20. The van der Waals surface area contributed by atoms with E-state index in [2.05, 4.69) is 9.71 Å². The summed E-state index contributed by atoms with van der Waals surface area (Å²) in [5.74, 6) is -0.327. The number of methoxy groups -OCH3 is 1. The van der Waals surface area contributed by atoms with E-state index in [1.54, 1.807) is 0 Å². The average molecular weight is 311 g/mol. The monoisotopic (exact) mass is 311 g/mol. The van der Waals surface area contributed by atoms with Gasteiger partial charge in [0, 0.05) is 17.3 Å². The lowest BCUT2D eigenvalue weighted by atomic mass is 10.2. The van der Waals surface area contributed by atoms with E-state index in [4.69, 9.17) is 10.5 Å². The van der Waals surface area contributed by atoms with E-state index in [1.807, 2.05) is 0 Å². The fourth-order valence-electron chi connectivity index (χ4n) is 1.72. The van der Waals surface area contributed by atoms with Crippen LogP contribution in [0.5, 0.6) is 5.88 Å². The Balaban J connectivity index is 2.38. The zero-order chi connectivity index (χ0) is 15.6. The first-order valence-corrected chi connectivity index (χ1v) is 7.40. The van der Waals surface area contributed by atoms with Gasteiger partial charge in [-0.05, 0) is 25.1 Å². The van der Waals surface area contributed by atoms with E-state index >= 15 is 0 Å². The Morgan fingerprint density at radius 1 is 1.33 bits per heavy atom. The van der Waals surface area contributed by atoms with Crippen LogP contribution in [-0.2, 0) is 10.0 Å². The molecule has 112 valence electrons. The van der Waals surface area contributed by atoms with Gasteiger partial charge in [-0.15, -0.1) is 0 Å². The lowest BCUT2D eigenvalue weighted by molar-refractivity contribution is 0.398. The first-order valence-electron chi connectivity index (χ1n) is 5.92. The van der Waals surface area contributed by atoms with Crippen molar-refractivity contribution in [3.05, 3.63) is 41.8 Å². The number of pyridine rings is 1. The van der Waals surface area contributed by atoms with Crippen LogP contribution in [0.3, 0.4) is 0 Å². The standard InChI is InChI=1S/C13H14FN3O3S/c1-8-11(14)5-9(15)6-12(8)21(18,19)17-10-3-4-13(20-2)16-7-10/h3-7,17H,15H2,1-2H3.